The second kappa shape index (κ2) is 5.64. The fraction of sp³-hybridized carbons (Fsp3) is 0.562. The molecule has 1 aromatic carbocycles. The zero-order chi connectivity index (χ0) is 14.8. The zero-order valence-electron chi connectivity index (χ0n) is 13.0. The zero-order valence-corrected chi connectivity index (χ0v) is 13.0. The highest BCUT2D eigenvalue weighted by Crippen LogP contribution is 2.36. The minimum atomic E-state index is -0.704. The molecule has 0 heterocycles. The fourth-order valence-electron chi connectivity index (χ4n) is 2.28. The first-order valence-corrected chi connectivity index (χ1v) is 6.57. The molecule has 0 amide bonds. The van der Waals surface area contributed by atoms with Gasteiger partial charge in [0, 0.05) is 5.56 Å². The van der Waals surface area contributed by atoms with Crippen LogP contribution in [0.15, 0.2) is 12.1 Å². The van der Waals surface area contributed by atoms with Crippen LogP contribution in [0.3, 0.4) is 0 Å². The smallest absolute Gasteiger partial charge is 0.309 e. The van der Waals surface area contributed by atoms with Crippen molar-refractivity contribution < 1.29 is 14.3 Å². The Labute approximate surface area is 115 Å². The number of aryl methyl sites for hydroxylation is 2. The fourth-order valence-corrected chi connectivity index (χ4v) is 2.28. The molecule has 3 heteroatoms. The van der Waals surface area contributed by atoms with E-state index in [9.17, 15) is 4.79 Å². The quantitative estimate of drug-likeness (QED) is 0.777. The third-order valence-corrected chi connectivity index (χ3v) is 3.09. The lowest BCUT2D eigenvalue weighted by Gasteiger charge is -2.30. The maximum absolute atomic E-state index is 11.8. The van der Waals surface area contributed by atoms with E-state index in [-0.39, 0.29) is 11.9 Å². The summed E-state index contributed by atoms with van der Waals surface area (Å²) in [6.07, 6.45) is 0. The van der Waals surface area contributed by atoms with E-state index in [1.165, 1.54) is 0 Å². The molecule has 19 heavy (non-hydrogen) atoms. The van der Waals surface area contributed by atoms with Crippen LogP contribution in [0.1, 0.15) is 44.4 Å². The summed E-state index contributed by atoms with van der Waals surface area (Å²) in [6.45, 7) is 11.5. The van der Waals surface area contributed by atoms with Gasteiger partial charge in [0.2, 0.25) is 0 Å². The van der Waals surface area contributed by atoms with E-state index >= 15 is 0 Å². The van der Waals surface area contributed by atoms with E-state index in [0.717, 1.165) is 22.4 Å². The van der Waals surface area contributed by atoms with Gasteiger partial charge >= 0.3 is 5.97 Å². The molecule has 3 nitrogen and oxygen atoms in total. The van der Waals surface area contributed by atoms with Gasteiger partial charge in [0.15, 0.2) is 0 Å². The van der Waals surface area contributed by atoms with Gasteiger partial charge in [-0.25, -0.2) is 0 Å². The molecule has 0 aliphatic heterocycles. The van der Waals surface area contributed by atoms with Crippen molar-refractivity contribution in [2.45, 2.75) is 47.1 Å². The Morgan fingerprint density at radius 1 is 1.21 bits per heavy atom. The van der Waals surface area contributed by atoms with Crippen molar-refractivity contribution in [1.29, 1.82) is 0 Å². The maximum atomic E-state index is 11.8. The van der Waals surface area contributed by atoms with Crippen LogP contribution in [0.4, 0.5) is 0 Å². The van der Waals surface area contributed by atoms with Gasteiger partial charge in [-0.2, -0.15) is 0 Å². The molecule has 0 unspecified atom stereocenters. The van der Waals surface area contributed by atoms with Crippen LogP contribution in [-0.4, -0.2) is 13.1 Å². The van der Waals surface area contributed by atoms with Gasteiger partial charge in [0.25, 0.3) is 0 Å². The Balaban J connectivity index is 3.24. The number of hydrogen-bond donors (Lipinski definition) is 0. The Kier molecular flexibility index (Phi) is 4.61. The Morgan fingerprint density at radius 3 is 2.26 bits per heavy atom. The van der Waals surface area contributed by atoms with Crippen molar-refractivity contribution in [3.05, 3.63) is 28.8 Å². The van der Waals surface area contributed by atoms with Crippen LogP contribution < -0.4 is 4.74 Å². The molecule has 0 aliphatic rings. The summed E-state index contributed by atoms with van der Waals surface area (Å²) in [7, 11) is 1.64. The van der Waals surface area contributed by atoms with Crippen LogP contribution >= 0.6 is 0 Å². The normalized spacial score (nSPS) is 11.6. The summed E-state index contributed by atoms with van der Waals surface area (Å²) >= 11 is 0. The number of carbonyl (C=O) groups is 1. The summed E-state index contributed by atoms with van der Waals surface area (Å²) < 4.78 is 11.1. The largest absolute Gasteiger partial charge is 0.496 e. The van der Waals surface area contributed by atoms with Gasteiger partial charge in [-0.1, -0.05) is 19.9 Å². The number of esters is 1. The molecule has 0 aromatic heterocycles. The molecule has 0 spiro atoms. The molecule has 0 fully saturated rings. The maximum Gasteiger partial charge on any atom is 0.309 e. The first-order chi connectivity index (χ1) is 8.69. The van der Waals surface area contributed by atoms with Crippen molar-refractivity contribution in [3.63, 3.8) is 0 Å². The Hall–Kier alpha value is -1.51. The van der Waals surface area contributed by atoms with Gasteiger partial charge in [-0.05, 0) is 44.9 Å². The third-order valence-electron chi connectivity index (χ3n) is 3.09. The number of rotatable bonds is 4. The van der Waals surface area contributed by atoms with Gasteiger partial charge in [-0.15, -0.1) is 0 Å². The highest BCUT2D eigenvalue weighted by molar-refractivity contribution is 5.72. The topological polar surface area (TPSA) is 35.5 Å². The van der Waals surface area contributed by atoms with E-state index in [1.807, 2.05) is 47.6 Å². The van der Waals surface area contributed by atoms with Crippen molar-refractivity contribution >= 4 is 5.97 Å². The molecular formula is C16H24O3. The van der Waals surface area contributed by atoms with Crippen molar-refractivity contribution in [3.8, 4) is 5.75 Å². The molecular weight excluding hydrogens is 240 g/mol. The second-order valence-corrected chi connectivity index (χ2v) is 5.75. The molecule has 0 atom stereocenters. The lowest BCUT2D eigenvalue weighted by atomic mass is 9.91. The van der Waals surface area contributed by atoms with E-state index < -0.39 is 5.60 Å². The van der Waals surface area contributed by atoms with Crippen LogP contribution in [0, 0.1) is 19.8 Å². The first-order valence-electron chi connectivity index (χ1n) is 6.57. The minimum absolute atomic E-state index is 0.143. The molecule has 0 bridgehead atoms. The Morgan fingerprint density at radius 2 is 1.79 bits per heavy atom. The first kappa shape index (κ1) is 15.5. The van der Waals surface area contributed by atoms with Gasteiger partial charge in [0.05, 0.1) is 13.0 Å². The number of methoxy groups -OCH3 is 1. The lowest BCUT2D eigenvalue weighted by molar-refractivity contribution is -0.161. The second-order valence-electron chi connectivity index (χ2n) is 5.75. The van der Waals surface area contributed by atoms with Gasteiger partial charge in [-0.3, -0.25) is 4.79 Å². The SMILES string of the molecule is COc1cc(C)cc(C)c1C(C)(C)OC(=O)C(C)C. The standard InChI is InChI=1S/C16H24O3/c1-10(2)15(17)19-16(5,6)14-12(4)8-11(3)9-13(14)18-7/h8-10H,1-7H3. The summed E-state index contributed by atoms with van der Waals surface area (Å²) in [5.74, 6) is 0.419. The summed E-state index contributed by atoms with van der Waals surface area (Å²) in [5, 5.41) is 0. The lowest BCUT2D eigenvalue weighted by Crippen LogP contribution is -2.29. The minimum Gasteiger partial charge on any atom is -0.496 e. The molecule has 0 saturated carbocycles. The highest BCUT2D eigenvalue weighted by Gasteiger charge is 2.31. The van der Waals surface area contributed by atoms with Crippen molar-refractivity contribution in [2.75, 3.05) is 7.11 Å². The summed E-state index contributed by atoms with van der Waals surface area (Å²) in [6, 6.07) is 4.04. The molecule has 0 N–H and O–H groups in total. The van der Waals surface area contributed by atoms with E-state index in [1.54, 1.807) is 7.11 Å². The van der Waals surface area contributed by atoms with E-state index in [2.05, 4.69) is 6.07 Å². The number of benzene rings is 1. The predicted octanol–water partition coefficient (Wildman–Crippen LogP) is 3.75. The average molecular weight is 264 g/mol. The average Bonchev–Trinajstić information content (AvgIpc) is 2.26. The molecule has 1 aromatic rings. The summed E-state index contributed by atoms with van der Waals surface area (Å²) in [4.78, 5) is 11.8. The molecule has 0 saturated heterocycles. The monoisotopic (exact) mass is 264 g/mol. The number of hydrogen-bond acceptors (Lipinski definition) is 3. The van der Waals surface area contributed by atoms with E-state index in [0.29, 0.717) is 0 Å². The molecule has 1 rings (SSSR count). The van der Waals surface area contributed by atoms with Crippen LogP contribution in [0.5, 0.6) is 5.75 Å². The molecule has 0 aliphatic carbocycles. The third kappa shape index (κ3) is 3.49. The van der Waals surface area contributed by atoms with Gasteiger partial charge < -0.3 is 9.47 Å². The molecule has 0 radical (unpaired) electrons. The Bertz CT molecular complexity index is 473. The van der Waals surface area contributed by atoms with Crippen molar-refractivity contribution in [2.24, 2.45) is 5.92 Å². The highest BCUT2D eigenvalue weighted by atomic mass is 16.6. The van der Waals surface area contributed by atoms with Crippen LogP contribution in [-0.2, 0) is 15.1 Å². The van der Waals surface area contributed by atoms with Gasteiger partial charge in [0.1, 0.15) is 11.4 Å². The summed E-state index contributed by atoms with van der Waals surface area (Å²) in [5.41, 5.74) is 2.42. The van der Waals surface area contributed by atoms with Crippen LogP contribution in [0.25, 0.3) is 0 Å². The molecule has 106 valence electrons. The predicted molar refractivity (Wildman–Crippen MR) is 76.4 cm³/mol. The number of carbonyl (C=O) groups excluding carboxylic acids is 1. The number of ether oxygens (including phenoxy) is 2. The van der Waals surface area contributed by atoms with E-state index in [4.69, 9.17) is 9.47 Å². The van der Waals surface area contributed by atoms with Crippen LogP contribution in [0.2, 0.25) is 0 Å². The van der Waals surface area contributed by atoms with Crippen molar-refractivity contribution in [1.82, 2.24) is 0 Å².